The van der Waals surface area contributed by atoms with Crippen LogP contribution < -0.4 is 19.5 Å². The van der Waals surface area contributed by atoms with Crippen LogP contribution in [0.25, 0.3) is 0 Å². The largest absolute Gasteiger partial charge is 0.495 e. The van der Waals surface area contributed by atoms with E-state index < -0.39 is 32.8 Å². The third-order valence-corrected chi connectivity index (χ3v) is 5.87. The van der Waals surface area contributed by atoms with Crippen LogP contribution in [0.15, 0.2) is 53.6 Å². The number of aromatic nitrogens is 2. The highest BCUT2D eigenvalue weighted by Gasteiger charge is 2.23. The van der Waals surface area contributed by atoms with Crippen LogP contribution >= 0.6 is 18.5 Å². The number of hydrogen-bond donors (Lipinski definition) is 2. The Bertz CT molecular complexity index is 1300. The second-order valence-electron chi connectivity index (χ2n) is 6.71. The van der Waals surface area contributed by atoms with Crippen LogP contribution in [0.5, 0.6) is 11.5 Å². The minimum Gasteiger partial charge on any atom is -0.495 e. The number of alkyl halides is 1. The number of carbonyl (C=O) groups is 1. The first-order valence-corrected chi connectivity index (χ1v) is 11.8. The second kappa shape index (κ2) is 9.59. The molecule has 0 bridgehead atoms. The molecule has 0 saturated heterocycles. The highest BCUT2D eigenvalue weighted by molar-refractivity contribution is 7.92. The van der Waals surface area contributed by atoms with Crippen LogP contribution in [-0.2, 0) is 17.1 Å². The summed E-state index contributed by atoms with van der Waals surface area (Å²) >= 11 is 0. The van der Waals surface area contributed by atoms with E-state index in [-0.39, 0.29) is 22.0 Å². The highest BCUT2D eigenvalue weighted by Crippen LogP contribution is 2.35. The lowest BCUT2D eigenvalue weighted by Crippen LogP contribution is -2.17. The Kier molecular flexibility index (Phi) is 7.21. The van der Waals surface area contributed by atoms with Gasteiger partial charge in [-0.3, -0.25) is 14.2 Å². The van der Waals surface area contributed by atoms with Gasteiger partial charge in [0.15, 0.2) is 11.6 Å². The first kappa shape index (κ1) is 24.8. The smallest absolute Gasteiger partial charge is 0.273 e. The maximum Gasteiger partial charge on any atom is 0.273 e. The van der Waals surface area contributed by atoms with E-state index in [1.54, 1.807) is 25.5 Å². The van der Waals surface area contributed by atoms with Gasteiger partial charge in [0, 0.05) is 31.1 Å². The molecule has 0 radical (unpaired) electrons. The van der Waals surface area contributed by atoms with E-state index in [1.807, 2.05) is 0 Å². The zero-order valence-electron chi connectivity index (χ0n) is 17.4. The van der Waals surface area contributed by atoms with Gasteiger partial charge in [0.1, 0.15) is 16.3 Å². The van der Waals surface area contributed by atoms with Crippen LogP contribution in [0.4, 0.5) is 20.2 Å². The number of nitrogens with one attached hydrogen (secondary N) is 2. The summed E-state index contributed by atoms with van der Waals surface area (Å²) in [6.07, 6.45) is 1.47. The molecule has 0 saturated carbocycles. The van der Waals surface area contributed by atoms with E-state index in [1.165, 1.54) is 42.3 Å². The fourth-order valence-electron chi connectivity index (χ4n) is 2.78. The molecule has 1 heterocycles. The van der Waals surface area contributed by atoms with E-state index in [2.05, 4.69) is 15.1 Å². The molecule has 0 aliphatic heterocycles. The molecule has 0 spiro atoms. The van der Waals surface area contributed by atoms with Crippen molar-refractivity contribution in [2.45, 2.75) is 10.2 Å². The molecule has 1 amide bonds. The molecule has 0 fully saturated rings. The number of halogens is 2. The Morgan fingerprint density at radius 1 is 1.12 bits per heavy atom. The number of amides is 1. The number of anilines is 2. The Hall–Kier alpha value is -2.81. The van der Waals surface area contributed by atoms with Gasteiger partial charge in [0.05, 0.1) is 12.8 Å². The monoisotopic (exact) mass is 516 g/mol. The van der Waals surface area contributed by atoms with Crippen molar-refractivity contribution in [3.05, 3.63) is 60.2 Å². The number of hydrogen-bond acceptors (Lipinski definition) is 6. The average molecular weight is 516 g/mol. The highest BCUT2D eigenvalue weighted by atomic mass is 32.2. The van der Waals surface area contributed by atoms with Crippen molar-refractivity contribution in [3.63, 3.8) is 0 Å². The molecule has 176 valence electrons. The van der Waals surface area contributed by atoms with Crippen molar-refractivity contribution in [2.75, 3.05) is 17.1 Å². The third kappa shape index (κ3) is 6.16. The summed E-state index contributed by atoms with van der Waals surface area (Å²) in [5.74, 6) is -1.88. The molecule has 3 aromatic rings. The second-order valence-corrected chi connectivity index (χ2v) is 10.6. The number of ether oxygens (including phenoxy) is 2. The van der Waals surface area contributed by atoms with Crippen molar-refractivity contribution < 1.29 is 31.5 Å². The zero-order valence-corrected chi connectivity index (χ0v) is 20.5. The van der Waals surface area contributed by atoms with Gasteiger partial charge in [-0.15, -0.1) is 0 Å². The Morgan fingerprint density at radius 2 is 1.79 bits per heavy atom. The topological polar surface area (TPSA) is 112 Å². The minimum atomic E-state index is -4.21. The molecule has 2 aromatic carbocycles. The van der Waals surface area contributed by atoms with Crippen LogP contribution in [0, 0.1) is 5.82 Å². The number of carbonyl (C=O) groups excluding carboxylic acids is 1. The molecular weight excluding hydrogens is 496 g/mol. The lowest BCUT2D eigenvalue weighted by molar-refractivity contribution is 0.101. The fourth-order valence-corrected chi connectivity index (χ4v) is 4.24. The molecule has 3 rings (SSSR count). The number of aryl methyl sites for hydroxylation is 1. The Labute approximate surface area is 193 Å². The molecule has 33 heavy (non-hydrogen) atoms. The number of nitrogens with zero attached hydrogens (tertiary/aromatic N) is 2. The van der Waals surface area contributed by atoms with Gasteiger partial charge in [-0.1, -0.05) is 0 Å². The van der Waals surface area contributed by atoms with Gasteiger partial charge in [0.2, 0.25) is 0 Å². The van der Waals surface area contributed by atoms with Gasteiger partial charge in [-0.05, 0) is 48.8 Å². The average Bonchev–Trinajstić information content (AvgIpc) is 3.15. The van der Waals surface area contributed by atoms with E-state index in [0.717, 1.165) is 18.2 Å². The number of benzene rings is 2. The number of rotatable bonds is 8. The number of sulfonamides is 1. The van der Waals surface area contributed by atoms with Crippen molar-refractivity contribution in [1.29, 1.82) is 0 Å². The number of methoxy groups -OCH3 is 1. The van der Waals surface area contributed by atoms with Gasteiger partial charge in [0.25, 0.3) is 21.3 Å². The predicted octanol–water partition coefficient (Wildman–Crippen LogP) is 3.33. The molecular formula is C19H20F2N4O5P2S. The Balaban J connectivity index is 1.85. The van der Waals surface area contributed by atoms with Crippen molar-refractivity contribution >= 4 is 45.8 Å². The van der Waals surface area contributed by atoms with Crippen molar-refractivity contribution in [3.8, 4) is 11.5 Å². The van der Waals surface area contributed by atoms with Crippen molar-refractivity contribution in [2.24, 2.45) is 7.05 Å². The quantitative estimate of drug-likeness (QED) is 0.445. The summed E-state index contributed by atoms with van der Waals surface area (Å²) in [7, 11) is 2.10. The predicted molar refractivity (Wildman–Crippen MR) is 125 cm³/mol. The molecule has 2 unspecified atom stereocenters. The van der Waals surface area contributed by atoms with E-state index in [0.29, 0.717) is 5.69 Å². The van der Waals surface area contributed by atoms with E-state index in [9.17, 15) is 22.0 Å². The normalized spacial score (nSPS) is 11.7. The lowest BCUT2D eigenvalue weighted by atomic mass is 10.3. The maximum absolute atomic E-state index is 13.9. The molecule has 0 aliphatic rings. The molecule has 9 nitrogen and oxygen atoms in total. The summed E-state index contributed by atoms with van der Waals surface area (Å²) in [5.41, 5.74) is 0.519. The molecule has 14 heteroatoms. The standard InChI is InChI=1S/C19H20F2N4O5P2S/c1-25-14(7-8-22-25)18(26)23-11-4-6-17(16(9-11)29-2)33(27,28)24-12-3-5-13(20)15(10-12)30-19(21,31)32/h3-10,24H,31-32H2,1-2H3,(H,23,26). The first-order valence-electron chi connectivity index (χ1n) is 9.15. The third-order valence-electron chi connectivity index (χ3n) is 4.21. The molecule has 2 N–H and O–H groups in total. The maximum atomic E-state index is 13.9. The summed E-state index contributed by atoms with van der Waals surface area (Å²) in [6, 6.07) is 8.57. The van der Waals surface area contributed by atoms with Crippen LogP contribution in [0.2, 0.25) is 0 Å². The molecule has 1 aromatic heterocycles. The zero-order chi connectivity index (χ0) is 24.4. The molecule has 0 aliphatic carbocycles. The van der Waals surface area contributed by atoms with Crippen LogP contribution in [0.1, 0.15) is 10.5 Å². The summed E-state index contributed by atoms with van der Waals surface area (Å²) in [6.45, 7) is 0. The summed E-state index contributed by atoms with van der Waals surface area (Å²) in [5, 5.41) is 4.21. The van der Waals surface area contributed by atoms with Crippen LogP contribution in [0.3, 0.4) is 0 Å². The van der Waals surface area contributed by atoms with Crippen molar-refractivity contribution in [1.82, 2.24) is 9.78 Å². The first-order chi connectivity index (χ1) is 15.4. The molecule has 2 atom stereocenters. The summed E-state index contributed by atoms with van der Waals surface area (Å²) in [4.78, 5) is 12.1. The van der Waals surface area contributed by atoms with Gasteiger partial charge in [-0.25, -0.2) is 12.8 Å². The SMILES string of the molecule is COc1cc(NC(=O)c2ccnn2C)ccc1S(=O)(=O)Nc1ccc(F)c(OC(F)(P)P)c1. The fraction of sp³-hybridized carbons (Fsp3) is 0.158. The van der Waals surface area contributed by atoms with Gasteiger partial charge in [-0.2, -0.15) is 9.49 Å². The van der Waals surface area contributed by atoms with Gasteiger partial charge < -0.3 is 14.8 Å². The van der Waals surface area contributed by atoms with E-state index >= 15 is 0 Å². The minimum absolute atomic E-state index is 0.0541. The van der Waals surface area contributed by atoms with Gasteiger partial charge >= 0.3 is 0 Å². The lowest BCUT2D eigenvalue weighted by Gasteiger charge is -2.18. The van der Waals surface area contributed by atoms with Crippen LogP contribution in [-0.4, -0.2) is 36.6 Å². The van der Waals surface area contributed by atoms with E-state index in [4.69, 9.17) is 9.47 Å². The summed E-state index contributed by atoms with van der Waals surface area (Å²) < 4.78 is 67.1. The Morgan fingerprint density at radius 3 is 2.39 bits per heavy atom.